The zero-order valence-electron chi connectivity index (χ0n) is 20.3. The SMILES string of the molecule is Cc1nc(C2CCC(C(F)(F)F)CC2)sc1C(Cc1ccccn1)Oc1ccc(-c2noc(=O)[nH]2)c(Cl)c1. The first-order chi connectivity index (χ1) is 18.2. The summed E-state index contributed by atoms with van der Waals surface area (Å²) in [5.74, 6) is -1.22. The van der Waals surface area contributed by atoms with Crippen molar-refractivity contribution in [3.8, 4) is 17.1 Å². The van der Waals surface area contributed by atoms with E-state index in [0.29, 0.717) is 35.6 Å². The number of aromatic nitrogens is 4. The van der Waals surface area contributed by atoms with E-state index < -0.39 is 24.0 Å². The molecule has 1 N–H and O–H groups in total. The Balaban J connectivity index is 1.40. The van der Waals surface area contributed by atoms with E-state index >= 15 is 0 Å². The number of ether oxygens (including phenoxy) is 1. The van der Waals surface area contributed by atoms with Crippen LogP contribution >= 0.6 is 22.9 Å². The Labute approximate surface area is 225 Å². The third-order valence-corrected chi connectivity index (χ3v) is 8.44. The summed E-state index contributed by atoms with van der Waals surface area (Å²) in [6, 6.07) is 10.7. The minimum Gasteiger partial charge on any atom is -0.484 e. The van der Waals surface area contributed by atoms with Crippen LogP contribution in [0.1, 0.15) is 59.0 Å². The van der Waals surface area contributed by atoms with Crippen molar-refractivity contribution in [1.29, 1.82) is 0 Å². The Morgan fingerprint density at radius 1 is 1.21 bits per heavy atom. The van der Waals surface area contributed by atoms with Gasteiger partial charge in [0.2, 0.25) is 0 Å². The van der Waals surface area contributed by atoms with Gasteiger partial charge in [0.25, 0.3) is 0 Å². The fraction of sp³-hybridized carbons (Fsp3) is 0.385. The maximum atomic E-state index is 13.1. The molecule has 0 spiro atoms. The molecule has 12 heteroatoms. The number of hydrogen-bond acceptors (Lipinski definition) is 7. The van der Waals surface area contributed by atoms with Crippen LogP contribution < -0.4 is 10.5 Å². The zero-order valence-corrected chi connectivity index (χ0v) is 21.9. The molecular weight excluding hydrogens is 541 g/mol. The third kappa shape index (κ3) is 5.94. The van der Waals surface area contributed by atoms with Gasteiger partial charge >= 0.3 is 11.9 Å². The molecule has 0 bridgehead atoms. The first kappa shape index (κ1) is 26.4. The summed E-state index contributed by atoms with van der Waals surface area (Å²) in [5.41, 5.74) is 2.09. The van der Waals surface area contributed by atoms with Crippen LogP contribution in [0.25, 0.3) is 11.4 Å². The minimum atomic E-state index is -4.14. The van der Waals surface area contributed by atoms with Crippen LogP contribution in [0, 0.1) is 12.8 Å². The monoisotopic (exact) mass is 564 g/mol. The van der Waals surface area contributed by atoms with Gasteiger partial charge in [0, 0.05) is 29.8 Å². The molecule has 1 aliphatic rings. The molecule has 1 unspecified atom stereocenters. The number of nitrogens with one attached hydrogen (secondary N) is 1. The molecule has 3 heterocycles. The highest BCUT2D eigenvalue weighted by Crippen LogP contribution is 2.45. The van der Waals surface area contributed by atoms with Gasteiger partial charge in [-0.2, -0.15) is 13.2 Å². The Kier molecular flexibility index (Phi) is 7.58. The molecule has 4 aromatic rings. The summed E-state index contributed by atoms with van der Waals surface area (Å²) >= 11 is 7.95. The number of halogens is 4. The van der Waals surface area contributed by atoms with E-state index in [9.17, 15) is 18.0 Å². The van der Waals surface area contributed by atoms with Crippen LogP contribution in [-0.4, -0.2) is 26.3 Å². The summed E-state index contributed by atoms with van der Waals surface area (Å²) in [6.45, 7) is 1.89. The Morgan fingerprint density at radius 3 is 2.63 bits per heavy atom. The summed E-state index contributed by atoms with van der Waals surface area (Å²) < 4.78 is 50.4. The van der Waals surface area contributed by atoms with Gasteiger partial charge in [-0.05, 0) is 62.9 Å². The zero-order chi connectivity index (χ0) is 26.9. The lowest BCUT2D eigenvalue weighted by Crippen LogP contribution is -2.27. The van der Waals surface area contributed by atoms with Crippen molar-refractivity contribution < 1.29 is 22.4 Å². The molecule has 1 fully saturated rings. The second kappa shape index (κ2) is 10.9. The second-order valence-corrected chi connectivity index (χ2v) is 10.8. The highest BCUT2D eigenvalue weighted by atomic mass is 35.5. The van der Waals surface area contributed by atoms with Gasteiger partial charge in [-0.3, -0.25) is 14.5 Å². The van der Waals surface area contributed by atoms with E-state index in [1.165, 1.54) is 11.3 Å². The summed E-state index contributed by atoms with van der Waals surface area (Å²) in [7, 11) is 0. The average Bonchev–Trinajstić information content (AvgIpc) is 3.49. The molecule has 0 radical (unpaired) electrons. The maximum absolute atomic E-state index is 13.1. The van der Waals surface area contributed by atoms with Crippen molar-refractivity contribution in [3.05, 3.63) is 79.4 Å². The minimum absolute atomic E-state index is 0.0000982. The lowest BCUT2D eigenvalue weighted by atomic mass is 9.82. The molecule has 3 aromatic heterocycles. The highest BCUT2D eigenvalue weighted by Gasteiger charge is 2.42. The van der Waals surface area contributed by atoms with E-state index in [4.69, 9.17) is 21.3 Å². The fourth-order valence-electron chi connectivity index (χ4n) is 4.74. The summed E-state index contributed by atoms with van der Waals surface area (Å²) in [4.78, 5) is 23.9. The fourth-order valence-corrected chi connectivity index (χ4v) is 6.27. The number of hydrogen-bond donors (Lipinski definition) is 1. The van der Waals surface area contributed by atoms with Crippen molar-refractivity contribution in [2.75, 3.05) is 0 Å². The lowest BCUT2D eigenvalue weighted by molar-refractivity contribution is -0.182. The van der Waals surface area contributed by atoms with Gasteiger partial charge < -0.3 is 4.74 Å². The third-order valence-electron chi connectivity index (χ3n) is 6.72. The smallest absolute Gasteiger partial charge is 0.439 e. The van der Waals surface area contributed by atoms with Crippen LogP contribution in [0.5, 0.6) is 5.75 Å². The average molecular weight is 565 g/mol. The summed E-state index contributed by atoms with van der Waals surface area (Å²) in [5, 5.41) is 4.83. The van der Waals surface area contributed by atoms with Crippen molar-refractivity contribution >= 4 is 22.9 Å². The molecule has 7 nitrogen and oxygen atoms in total. The van der Waals surface area contributed by atoms with Crippen LogP contribution in [0.3, 0.4) is 0 Å². The summed E-state index contributed by atoms with van der Waals surface area (Å²) in [6.07, 6.45) is -1.25. The van der Waals surface area contributed by atoms with E-state index in [-0.39, 0.29) is 24.6 Å². The highest BCUT2D eigenvalue weighted by molar-refractivity contribution is 7.11. The number of alkyl halides is 3. The van der Waals surface area contributed by atoms with Gasteiger partial charge in [0.05, 0.1) is 26.5 Å². The van der Waals surface area contributed by atoms with Crippen LogP contribution in [0.2, 0.25) is 5.02 Å². The first-order valence-electron chi connectivity index (χ1n) is 12.1. The van der Waals surface area contributed by atoms with E-state index in [1.807, 2.05) is 25.1 Å². The van der Waals surface area contributed by atoms with Crippen molar-refractivity contribution in [3.63, 3.8) is 0 Å². The molecular formula is C26H24ClF3N4O3S. The largest absolute Gasteiger partial charge is 0.484 e. The molecule has 38 heavy (non-hydrogen) atoms. The number of thiazole rings is 1. The molecule has 5 rings (SSSR count). The maximum Gasteiger partial charge on any atom is 0.439 e. The van der Waals surface area contributed by atoms with Crippen LogP contribution in [0.4, 0.5) is 13.2 Å². The van der Waals surface area contributed by atoms with Gasteiger partial charge in [-0.1, -0.05) is 22.8 Å². The molecule has 200 valence electrons. The van der Waals surface area contributed by atoms with Gasteiger partial charge in [-0.25, -0.2) is 9.78 Å². The van der Waals surface area contributed by atoms with Gasteiger partial charge in [0.15, 0.2) is 5.82 Å². The first-order valence-corrected chi connectivity index (χ1v) is 13.3. The van der Waals surface area contributed by atoms with E-state index in [2.05, 4.69) is 19.6 Å². The van der Waals surface area contributed by atoms with Crippen molar-refractivity contribution in [2.45, 2.75) is 57.2 Å². The normalized spacial score (nSPS) is 18.9. The Hall–Kier alpha value is -3.18. The van der Waals surface area contributed by atoms with Crippen molar-refractivity contribution in [2.24, 2.45) is 5.92 Å². The number of rotatable bonds is 7. The molecule has 1 aliphatic carbocycles. The van der Waals surface area contributed by atoms with Gasteiger partial charge in [0.1, 0.15) is 11.9 Å². The predicted molar refractivity (Wildman–Crippen MR) is 136 cm³/mol. The molecule has 1 aromatic carbocycles. The van der Waals surface area contributed by atoms with Crippen LogP contribution in [-0.2, 0) is 6.42 Å². The quantitative estimate of drug-likeness (QED) is 0.259. The Morgan fingerprint density at radius 2 is 2.00 bits per heavy atom. The molecule has 0 aliphatic heterocycles. The number of benzene rings is 1. The lowest BCUT2D eigenvalue weighted by Gasteiger charge is -2.28. The number of aromatic amines is 1. The number of H-pyrrole nitrogens is 1. The molecule has 0 saturated heterocycles. The molecule has 1 atom stereocenters. The Bertz CT molecular complexity index is 1450. The number of nitrogens with zero attached hydrogens (tertiary/aromatic N) is 3. The number of aryl methyl sites for hydroxylation is 1. The molecule has 1 saturated carbocycles. The van der Waals surface area contributed by atoms with Crippen molar-refractivity contribution in [1.82, 2.24) is 20.1 Å². The standard InChI is InChI=1S/C26H24ClF3N4O3S/c1-14-22(38-24(32-14)15-5-7-16(8-6-15)26(28,29)30)21(12-17-4-2-3-11-31-17)36-18-9-10-19(20(27)13-18)23-33-25(35)37-34-23/h2-4,9-11,13,15-16,21H,5-8,12H2,1H3,(H,33,34,35). The van der Waals surface area contributed by atoms with Gasteiger partial charge in [-0.15, -0.1) is 11.3 Å². The molecule has 0 amide bonds. The van der Waals surface area contributed by atoms with Crippen LogP contribution in [0.15, 0.2) is 51.9 Å². The number of pyridine rings is 1. The second-order valence-electron chi connectivity index (χ2n) is 9.31. The predicted octanol–water partition coefficient (Wildman–Crippen LogP) is 7.04. The topological polar surface area (TPSA) is 93.9 Å². The van der Waals surface area contributed by atoms with E-state index in [0.717, 1.165) is 21.3 Å². The van der Waals surface area contributed by atoms with E-state index in [1.54, 1.807) is 24.4 Å².